The number of nitrogens with zero attached hydrogens (tertiary/aromatic N) is 2. The summed E-state index contributed by atoms with van der Waals surface area (Å²) < 4.78 is 2.27. The Bertz CT molecular complexity index is 425. The normalized spacial score (nSPS) is 18.4. The van der Waals surface area contributed by atoms with E-state index in [1.165, 1.54) is 42.6 Å². The highest BCUT2D eigenvalue weighted by molar-refractivity contribution is 5.26. The minimum absolute atomic E-state index is 0.387. The highest BCUT2D eigenvalue weighted by Gasteiger charge is 2.35. The van der Waals surface area contributed by atoms with Crippen LogP contribution in [0.2, 0.25) is 0 Å². The third-order valence-electron chi connectivity index (χ3n) is 5.13. The van der Waals surface area contributed by atoms with Gasteiger partial charge in [0.05, 0.1) is 0 Å². The van der Waals surface area contributed by atoms with E-state index in [0.717, 1.165) is 13.1 Å². The maximum absolute atomic E-state index is 3.69. The first kappa shape index (κ1) is 14.6. The number of nitrogens with one attached hydrogen (secondary N) is 1. The Hall–Kier alpha value is -0.800. The van der Waals surface area contributed by atoms with Crippen LogP contribution in [0.25, 0.3) is 0 Å². The van der Waals surface area contributed by atoms with Crippen LogP contribution < -0.4 is 5.32 Å². The van der Waals surface area contributed by atoms with Crippen molar-refractivity contribution < 1.29 is 0 Å². The third-order valence-corrected chi connectivity index (χ3v) is 5.13. The SMILES string of the molecule is Cc1cc(CNCC2(N(C)C)CCCC2)c(C)n1C. The molecule has 0 atom stereocenters. The maximum atomic E-state index is 3.69. The highest BCUT2D eigenvalue weighted by Crippen LogP contribution is 2.33. The van der Waals surface area contributed by atoms with Crippen molar-refractivity contribution in [3.8, 4) is 0 Å². The molecule has 1 aromatic heterocycles. The molecule has 1 heterocycles. The summed E-state index contributed by atoms with van der Waals surface area (Å²) >= 11 is 0. The molecule has 0 saturated heterocycles. The van der Waals surface area contributed by atoms with E-state index in [9.17, 15) is 0 Å². The minimum Gasteiger partial charge on any atom is -0.352 e. The van der Waals surface area contributed by atoms with Gasteiger partial charge in [-0.3, -0.25) is 0 Å². The first-order valence-corrected chi connectivity index (χ1v) is 7.46. The molecule has 0 unspecified atom stereocenters. The van der Waals surface area contributed by atoms with Gasteiger partial charge >= 0.3 is 0 Å². The number of aryl methyl sites for hydroxylation is 1. The molecule has 1 fully saturated rings. The van der Waals surface area contributed by atoms with Gasteiger partial charge in [0.1, 0.15) is 0 Å². The van der Waals surface area contributed by atoms with Gasteiger partial charge in [-0.05, 0) is 52.4 Å². The second kappa shape index (κ2) is 5.68. The lowest BCUT2D eigenvalue weighted by Gasteiger charge is -2.36. The Morgan fingerprint density at radius 3 is 2.37 bits per heavy atom. The molecule has 0 radical (unpaired) electrons. The summed E-state index contributed by atoms with van der Waals surface area (Å²) in [6.45, 7) is 6.48. The van der Waals surface area contributed by atoms with Crippen LogP contribution in [0.3, 0.4) is 0 Å². The number of rotatable bonds is 5. The van der Waals surface area contributed by atoms with Crippen LogP contribution in [-0.4, -0.2) is 35.6 Å². The van der Waals surface area contributed by atoms with Crippen molar-refractivity contribution in [3.05, 3.63) is 23.0 Å². The van der Waals surface area contributed by atoms with Gasteiger partial charge in [-0.1, -0.05) is 12.8 Å². The van der Waals surface area contributed by atoms with Crippen LogP contribution in [0.1, 0.15) is 42.6 Å². The summed E-state index contributed by atoms with van der Waals surface area (Å²) in [5.41, 5.74) is 4.55. The number of aromatic nitrogens is 1. The standard InChI is InChI=1S/C16H29N3/c1-13-10-15(14(2)19(13)5)11-17-12-16(18(3)4)8-6-7-9-16/h10,17H,6-9,11-12H2,1-5H3. The zero-order chi connectivity index (χ0) is 14.0. The Balaban J connectivity index is 1.94. The van der Waals surface area contributed by atoms with Crippen LogP contribution in [0, 0.1) is 13.8 Å². The topological polar surface area (TPSA) is 20.2 Å². The third kappa shape index (κ3) is 2.87. The average molecular weight is 263 g/mol. The predicted molar refractivity (Wildman–Crippen MR) is 81.5 cm³/mol. The van der Waals surface area contributed by atoms with Crippen molar-refractivity contribution in [1.82, 2.24) is 14.8 Å². The van der Waals surface area contributed by atoms with Gasteiger partial charge in [0.2, 0.25) is 0 Å². The monoisotopic (exact) mass is 263 g/mol. The van der Waals surface area contributed by atoms with Crippen LogP contribution in [0.15, 0.2) is 6.07 Å². The van der Waals surface area contributed by atoms with Gasteiger partial charge in [-0.25, -0.2) is 0 Å². The van der Waals surface area contributed by atoms with Gasteiger partial charge in [-0.15, -0.1) is 0 Å². The van der Waals surface area contributed by atoms with Crippen LogP contribution in [0.4, 0.5) is 0 Å². The molecule has 2 rings (SSSR count). The molecule has 3 heteroatoms. The van der Waals surface area contributed by atoms with Crippen LogP contribution >= 0.6 is 0 Å². The van der Waals surface area contributed by atoms with Crippen molar-refractivity contribution >= 4 is 0 Å². The lowest BCUT2D eigenvalue weighted by Crippen LogP contribution is -2.49. The summed E-state index contributed by atoms with van der Waals surface area (Å²) in [6, 6.07) is 2.30. The van der Waals surface area contributed by atoms with E-state index in [-0.39, 0.29) is 0 Å². The molecular weight excluding hydrogens is 234 g/mol. The van der Waals surface area contributed by atoms with E-state index in [4.69, 9.17) is 0 Å². The van der Waals surface area contributed by atoms with Gasteiger partial charge < -0.3 is 14.8 Å². The molecule has 3 nitrogen and oxygen atoms in total. The van der Waals surface area contributed by atoms with E-state index in [1.807, 2.05) is 0 Å². The largest absolute Gasteiger partial charge is 0.352 e. The van der Waals surface area contributed by atoms with E-state index in [2.05, 4.69) is 55.8 Å². The smallest absolute Gasteiger partial charge is 0.0328 e. The summed E-state index contributed by atoms with van der Waals surface area (Å²) in [7, 11) is 6.60. The molecule has 0 aliphatic heterocycles. The number of hydrogen-bond donors (Lipinski definition) is 1. The van der Waals surface area contributed by atoms with Gasteiger partial charge in [0.15, 0.2) is 0 Å². The quantitative estimate of drug-likeness (QED) is 0.881. The molecule has 1 saturated carbocycles. The summed E-state index contributed by atoms with van der Waals surface area (Å²) in [6.07, 6.45) is 5.42. The van der Waals surface area contributed by atoms with E-state index in [0.29, 0.717) is 5.54 Å². The second-order valence-corrected chi connectivity index (χ2v) is 6.38. The molecule has 19 heavy (non-hydrogen) atoms. The Labute approximate surface area is 118 Å². The first-order valence-electron chi connectivity index (χ1n) is 7.46. The van der Waals surface area contributed by atoms with Crippen LogP contribution in [-0.2, 0) is 13.6 Å². The fourth-order valence-electron chi connectivity index (χ4n) is 3.36. The molecule has 1 aromatic rings. The van der Waals surface area contributed by atoms with Crippen molar-refractivity contribution in [2.45, 2.75) is 51.6 Å². The molecule has 108 valence electrons. The Morgan fingerprint density at radius 1 is 1.26 bits per heavy atom. The van der Waals surface area contributed by atoms with Crippen molar-refractivity contribution in [3.63, 3.8) is 0 Å². The van der Waals surface area contributed by atoms with E-state index in [1.54, 1.807) is 0 Å². The molecule has 0 aromatic carbocycles. The van der Waals surface area contributed by atoms with E-state index >= 15 is 0 Å². The number of hydrogen-bond acceptors (Lipinski definition) is 2. The molecule has 1 N–H and O–H groups in total. The molecule has 0 spiro atoms. The summed E-state index contributed by atoms with van der Waals surface area (Å²) in [5.74, 6) is 0. The van der Waals surface area contributed by atoms with Crippen molar-refractivity contribution in [1.29, 1.82) is 0 Å². The van der Waals surface area contributed by atoms with Gasteiger partial charge in [-0.2, -0.15) is 0 Å². The second-order valence-electron chi connectivity index (χ2n) is 6.38. The lowest BCUT2D eigenvalue weighted by atomic mass is 9.96. The average Bonchev–Trinajstić information content (AvgIpc) is 2.93. The highest BCUT2D eigenvalue weighted by atomic mass is 15.2. The fraction of sp³-hybridized carbons (Fsp3) is 0.750. The van der Waals surface area contributed by atoms with Gasteiger partial charge in [0.25, 0.3) is 0 Å². The van der Waals surface area contributed by atoms with Crippen molar-refractivity contribution in [2.75, 3.05) is 20.6 Å². The zero-order valence-electron chi connectivity index (χ0n) is 13.2. The lowest BCUT2D eigenvalue weighted by molar-refractivity contribution is 0.153. The summed E-state index contributed by atoms with van der Waals surface area (Å²) in [4.78, 5) is 2.43. The fourth-order valence-corrected chi connectivity index (χ4v) is 3.36. The molecule has 1 aliphatic carbocycles. The molecule has 0 amide bonds. The predicted octanol–water partition coefficient (Wildman–Crippen LogP) is 2.61. The van der Waals surface area contributed by atoms with Gasteiger partial charge in [0, 0.05) is 37.1 Å². The van der Waals surface area contributed by atoms with E-state index < -0.39 is 0 Å². The summed E-state index contributed by atoms with van der Waals surface area (Å²) in [5, 5.41) is 3.69. The first-order chi connectivity index (χ1) is 8.96. The maximum Gasteiger partial charge on any atom is 0.0328 e. The number of likely N-dealkylation sites (N-methyl/N-ethyl adjacent to an activating group) is 1. The minimum atomic E-state index is 0.387. The Kier molecular flexibility index (Phi) is 4.36. The molecule has 0 bridgehead atoms. The van der Waals surface area contributed by atoms with Crippen molar-refractivity contribution in [2.24, 2.45) is 7.05 Å². The zero-order valence-corrected chi connectivity index (χ0v) is 13.2. The molecule has 1 aliphatic rings. The van der Waals surface area contributed by atoms with Crippen LogP contribution in [0.5, 0.6) is 0 Å². The Morgan fingerprint density at radius 2 is 1.89 bits per heavy atom. The molecular formula is C16H29N3.